The molecular weight excluding hydrogens is 639 g/mol. The van der Waals surface area contributed by atoms with Gasteiger partial charge in [-0.3, -0.25) is 4.98 Å². The molecule has 2 aromatic carbocycles. The van der Waals surface area contributed by atoms with Crippen LogP contribution < -0.4 is 9.80 Å². The number of hydrogen-bond acceptors (Lipinski definition) is 3. The summed E-state index contributed by atoms with van der Waals surface area (Å²) >= 11 is 5.37. The first-order chi connectivity index (χ1) is 18.5. The topological polar surface area (TPSA) is 19.4 Å². The molecule has 0 N–H and O–H groups in total. The number of hydrogen-bond donors (Lipinski definition) is 0. The van der Waals surface area contributed by atoms with Gasteiger partial charge in [0.05, 0.1) is 5.02 Å². The van der Waals surface area contributed by atoms with Crippen LogP contribution in [-0.2, 0) is 15.9 Å². The van der Waals surface area contributed by atoms with Crippen molar-refractivity contribution in [3.05, 3.63) is 107 Å². The molecule has 0 fully saturated rings. The summed E-state index contributed by atoms with van der Waals surface area (Å²) in [5.41, 5.74) is 8.29. The molecule has 1 aromatic heterocycles. The standard InChI is InChI=1S/C27H37N2.C5H4ClN.2ClH.Pd/c1-18(2)22-11-9-12-23(19(3)4)26(22)28-15-16-29(17-28)27-24(20(5)6)13-10-14-25(27)21(7)8;6-5-2-1-3-7-4-5;;;/h9-21H,1-8H3;1-4H;2*1H;/q-1;;;;+2/p-2. The van der Waals surface area contributed by atoms with Crippen LogP contribution in [0.25, 0.3) is 0 Å². The van der Waals surface area contributed by atoms with Gasteiger partial charge >= 0.3 is 35.0 Å². The van der Waals surface area contributed by atoms with Crippen LogP contribution in [0, 0.1) is 6.67 Å². The number of pyridine rings is 1. The van der Waals surface area contributed by atoms with Gasteiger partial charge in [0.2, 0.25) is 0 Å². The van der Waals surface area contributed by atoms with Gasteiger partial charge in [0.25, 0.3) is 0 Å². The van der Waals surface area contributed by atoms with Crippen molar-refractivity contribution in [2.24, 2.45) is 0 Å². The molecule has 1 aliphatic heterocycles. The summed E-state index contributed by atoms with van der Waals surface area (Å²) in [6.45, 7) is 20.5. The third-order valence-corrected chi connectivity index (χ3v) is 6.69. The molecule has 0 saturated carbocycles. The van der Waals surface area contributed by atoms with Crippen molar-refractivity contribution in [2.45, 2.75) is 79.1 Å². The second kappa shape index (κ2) is 16.7. The van der Waals surface area contributed by atoms with Crippen molar-refractivity contribution in [1.29, 1.82) is 0 Å². The molecule has 3 nitrogen and oxygen atoms in total. The Morgan fingerprint density at radius 1 is 0.641 bits per heavy atom. The van der Waals surface area contributed by atoms with Gasteiger partial charge in [-0.25, -0.2) is 0 Å². The number of para-hydroxylation sites is 2. The monoisotopic (exact) mass is 678 g/mol. The van der Waals surface area contributed by atoms with Gasteiger partial charge < -0.3 is 9.80 Å². The third kappa shape index (κ3) is 9.52. The van der Waals surface area contributed by atoms with Crippen LogP contribution in [0.15, 0.2) is 73.3 Å². The Hall–Kier alpha value is -1.54. The van der Waals surface area contributed by atoms with E-state index in [1.54, 1.807) is 24.5 Å². The summed E-state index contributed by atoms with van der Waals surface area (Å²) in [6.07, 6.45) is 7.72. The molecule has 216 valence electrons. The Bertz CT molecular complexity index is 1060. The van der Waals surface area contributed by atoms with Crippen LogP contribution >= 0.6 is 30.7 Å². The van der Waals surface area contributed by atoms with Gasteiger partial charge in [-0.15, -0.1) is 6.67 Å². The predicted molar refractivity (Wildman–Crippen MR) is 169 cm³/mol. The van der Waals surface area contributed by atoms with E-state index in [9.17, 15) is 0 Å². The number of anilines is 2. The molecule has 0 radical (unpaired) electrons. The summed E-state index contributed by atoms with van der Waals surface area (Å²) in [5.74, 6) is 1.92. The van der Waals surface area contributed by atoms with E-state index < -0.39 is 0 Å². The van der Waals surface area contributed by atoms with E-state index in [0.29, 0.717) is 28.7 Å². The number of aromatic nitrogens is 1. The fourth-order valence-electron chi connectivity index (χ4n) is 4.58. The fraction of sp³-hybridized carbons (Fsp3) is 0.375. The first kappa shape index (κ1) is 33.7. The van der Waals surface area contributed by atoms with Crippen molar-refractivity contribution < 1.29 is 15.9 Å². The minimum absolute atomic E-state index is 0.106. The second-order valence-electron chi connectivity index (χ2n) is 10.6. The Labute approximate surface area is 257 Å². The van der Waals surface area contributed by atoms with Crippen LogP contribution in [0.4, 0.5) is 11.4 Å². The quantitative estimate of drug-likeness (QED) is 0.191. The van der Waals surface area contributed by atoms with Crippen LogP contribution in [0.3, 0.4) is 0 Å². The second-order valence-corrected chi connectivity index (χ2v) is 13.4. The van der Waals surface area contributed by atoms with Crippen molar-refractivity contribution >= 4 is 42.0 Å². The first-order valence-corrected chi connectivity index (χ1v) is 17.6. The Kier molecular flexibility index (Phi) is 14.4. The Balaban J connectivity index is 0.000000450. The Morgan fingerprint density at radius 2 is 1.00 bits per heavy atom. The zero-order valence-corrected chi connectivity index (χ0v) is 27.9. The molecule has 4 rings (SSSR count). The molecule has 0 bridgehead atoms. The zero-order valence-electron chi connectivity index (χ0n) is 24.1. The van der Waals surface area contributed by atoms with Crippen LogP contribution in [0.2, 0.25) is 5.02 Å². The van der Waals surface area contributed by atoms with Crippen LogP contribution in [0.5, 0.6) is 0 Å². The van der Waals surface area contributed by atoms with Crippen molar-refractivity contribution in [2.75, 3.05) is 9.80 Å². The van der Waals surface area contributed by atoms with Crippen molar-refractivity contribution in [1.82, 2.24) is 4.98 Å². The van der Waals surface area contributed by atoms with Gasteiger partial charge in [0.15, 0.2) is 0 Å². The van der Waals surface area contributed by atoms with Crippen LogP contribution in [-0.4, -0.2) is 4.98 Å². The van der Waals surface area contributed by atoms with E-state index in [1.165, 1.54) is 33.6 Å². The zero-order chi connectivity index (χ0) is 29.1. The molecule has 3 aromatic rings. The fourth-order valence-corrected chi connectivity index (χ4v) is 4.71. The van der Waals surface area contributed by atoms with E-state index >= 15 is 0 Å². The molecule has 0 aliphatic carbocycles. The van der Waals surface area contributed by atoms with Gasteiger partial charge in [0, 0.05) is 23.8 Å². The number of benzene rings is 2. The SMILES string of the molecule is CC(C)c1cccc(C(C)C)c1N1C=CN(c2c(C(C)C)cccc2C(C)C)[CH-]1.Clc1cccnc1.[Cl][Pd][Cl]. The maximum absolute atomic E-state index is 5.48. The summed E-state index contributed by atoms with van der Waals surface area (Å²) in [5, 5.41) is 0.683. The van der Waals surface area contributed by atoms with E-state index in [0.717, 1.165) is 0 Å². The van der Waals surface area contributed by atoms with Gasteiger partial charge in [-0.2, -0.15) is 0 Å². The van der Waals surface area contributed by atoms with E-state index in [2.05, 4.69) is 126 Å². The summed E-state index contributed by atoms with van der Waals surface area (Å²) < 4.78 is 0. The third-order valence-electron chi connectivity index (χ3n) is 6.46. The number of nitrogens with zero attached hydrogens (tertiary/aromatic N) is 3. The average molecular weight is 680 g/mol. The van der Waals surface area contributed by atoms with E-state index in [1.807, 2.05) is 0 Å². The molecule has 0 unspecified atom stereocenters. The molecule has 39 heavy (non-hydrogen) atoms. The molecule has 0 atom stereocenters. The number of halogens is 3. The summed E-state index contributed by atoms with van der Waals surface area (Å²) in [6, 6.07) is 17.1. The van der Waals surface area contributed by atoms with Gasteiger partial charge in [-0.05, 0) is 70.5 Å². The molecular formula is C32H41Cl3N3Pd-. The summed E-state index contributed by atoms with van der Waals surface area (Å²) in [7, 11) is 9.63. The molecule has 0 spiro atoms. The molecule has 1 aliphatic rings. The molecule has 7 heteroatoms. The first-order valence-electron chi connectivity index (χ1n) is 13.3. The predicted octanol–water partition coefficient (Wildman–Crippen LogP) is 11.2. The normalized spacial score (nSPS) is 12.8. The van der Waals surface area contributed by atoms with Gasteiger partial charge in [-0.1, -0.05) is 103 Å². The average Bonchev–Trinajstić information content (AvgIpc) is 3.38. The van der Waals surface area contributed by atoms with Crippen LogP contribution in [0.1, 0.15) is 101 Å². The number of rotatable bonds is 6. The van der Waals surface area contributed by atoms with Crippen molar-refractivity contribution in [3.8, 4) is 0 Å². The molecule has 2 heterocycles. The van der Waals surface area contributed by atoms with E-state index in [4.69, 9.17) is 30.7 Å². The maximum atomic E-state index is 5.48. The minimum atomic E-state index is -0.106. The molecule has 0 saturated heterocycles. The molecule has 0 amide bonds. The van der Waals surface area contributed by atoms with E-state index in [-0.39, 0.29) is 15.9 Å². The Morgan fingerprint density at radius 3 is 1.23 bits per heavy atom. The summed E-state index contributed by atoms with van der Waals surface area (Å²) in [4.78, 5) is 8.40. The van der Waals surface area contributed by atoms with Gasteiger partial charge in [0.1, 0.15) is 0 Å². The van der Waals surface area contributed by atoms with Crippen molar-refractivity contribution in [3.63, 3.8) is 0 Å².